The molecule has 0 aromatic heterocycles. The Morgan fingerprint density at radius 2 is 1.36 bits per heavy atom. The maximum absolute atomic E-state index is 9.88. The molecule has 0 saturated heterocycles. The molecule has 3 nitrogen and oxygen atoms in total. The van der Waals surface area contributed by atoms with Crippen LogP contribution in [0.25, 0.3) is 0 Å². The van der Waals surface area contributed by atoms with Crippen LogP contribution in [0.2, 0.25) is 51.9 Å². The molecule has 0 amide bonds. The van der Waals surface area contributed by atoms with Crippen molar-refractivity contribution in [2.45, 2.75) is 64.7 Å². The van der Waals surface area contributed by atoms with E-state index in [1.54, 1.807) is 6.07 Å². The van der Waals surface area contributed by atoms with Gasteiger partial charge in [0.1, 0.15) is 5.75 Å². The first-order valence-corrected chi connectivity index (χ1v) is 17.4. The Kier molecular flexibility index (Phi) is 6.64. The summed E-state index contributed by atoms with van der Waals surface area (Å²) in [5.74, 6) is 0.392. The molecular formula is C16H32O3Si3. The number of phenols is 1. The van der Waals surface area contributed by atoms with Gasteiger partial charge in [0.2, 0.25) is 0 Å². The van der Waals surface area contributed by atoms with E-state index in [0.29, 0.717) is 5.75 Å². The Balaban J connectivity index is 2.71. The normalized spacial score (nSPS) is 13.4. The van der Waals surface area contributed by atoms with Crippen molar-refractivity contribution in [1.82, 2.24) is 0 Å². The van der Waals surface area contributed by atoms with Crippen molar-refractivity contribution in [3.05, 3.63) is 29.8 Å². The highest BCUT2D eigenvalue weighted by atomic mass is 28.5. The number of para-hydroxylation sites is 1. The lowest BCUT2D eigenvalue weighted by Gasteiger charge is -2.38. The van der Waals surface area contributed by atoms with Crippen LogP contribution in [0, 0.1) is 0 Å². The highest BCUT2D eigenvalue weighted by Gasteiger charge is 2.39. The van der Waals surface area contributed by atoms with Gasteiger partial charge in [-0.05, 0) is 76.3 Å². The molecule has 0 atom stereocenters. The van der Waals surface area contributed by atoms with Crippen LogP contribution in [0.3, 0.4) is 0 Å². The fourth-order valence-electron chi connectivity index (χ4n) is 2.74. The quantitative estimate of drug-likeness (QED) is 0.659. The molecule has 1 aromatic carbocycles. The van der Waals surface area contributed by atoms with Crippen molar-refractivity contribution in [2.75, 3.05) is 0 Å². The Morgan fingerprint density at radius 1 is 0.864 bits per heavy atom. The molecule has 0 aliphatic carbocycles. The van der Waals surface area contributed by atoms with E-state index in [0.717, 1.165) is 24.4 Å². The van der Waals surface area contributed by atoms with Gasteiger partial charge in [0.25, 0.3) is 0 Å². The van der Waals surface area contributed by atoms with Crippen LogP contribution in [0.15, 0.2) is 24.3 Å². The number of benzene rings is 1. The van der Waals surface area contributed by atoms with Gasteiger partial charge in [-0.2, -0.15) is 0 Å². The summed E-state index contributed by atoms with van der Waals surface area (Å²) >= 11 is 0. The Morgan fingerprint density at radius 3 is 1.82 bits per heavy atom. The van der Waals surface area contributed by atoms with E-state index in [4.69, 9.17) is 8.23 Å². The van der Waals surface area contributed by atoms with Crippen molar-refractivity contribution >= 4 is 25.2 Å². The van der Waals surface area contributed by atoms with Gasteiger partial charge in [-0.15, -0.1) is 0 Å². The second-order valence-electron chi connectivity index (χ2n) is 8.04. The number of aromatic hydroxyl groups is 1. The zero-order valence-electron chi connectivity index (χ0n) is 15.2. The molecule has 0 spiro atoms. The van der Waals surface area contributed by atoms with Gasteiger partial charge in [0.05, 0.1) is 0 Å². The standard InChI is InChI=1S/C16H32O3Si3/c1-20(2,3)18-22(7,19-21(4,5)6)14-10-12-15-11-8-9-13-16(15)17/h8-9,11,13,17H,10,12,14H2,1-7H3. The van der Waals surface area contributed by atoms with Crippen LogP contribution < -0.4 is 0 Å². The molecule has 126 valence electrons. The van der Waals surface area contributed by atoms with Crippen molar-refractivity contribution < 1.29 is 13.3 Å². The molecule has 0 unspecified atom stereocenters. The van der Waals surface area contributed by atoms with Gasteiger partial charge in [-0.3, -0.25) is 0 Å². The summed E-state index contributed by atoms with van der Waals surface area (Å²) in [7, 11) is -5.40. The third-order valence-corrected chi connectivity index (χ3v) is 12.7. The molecule has 1 N–H and O–H groups in total. The molecule has 6 heteroatoms. The van der Waals surface area contributed by atoms with E-state index >= 15 is 0 Å². The summed E-state index contributed by atoms with van der Waals surface area (Å²) in [6, 6.07) is 8.56. The third kappa shape index (κ3) is 7.73. The number of phenolic OH excluding ortho intramolecular Hbond substituents is 1. The first-order chi connectivity index (χ1) is 9.90. The third-order valence-electron chi connectivity index (χ3n) is 3.11. The maximum Gasteiger partial charge on any atom is 0.314 e. The van der Waals surface area contributed by atoms with Crippen molar-refractivity contribution in [3.63, 3.8) is 0 Å². The minimum absolute atomic E-state index is 0.392. The molecule has 0 aliphatic heterocycles. The van der Waals surface area contributed by atoms with Crippen molar-refractivity contribution in [2.24, 2.45) is 0 Å². The topological polar surface area (TPSA) is 38.7 Å². The van der Waals surface area contributed by atoms with E-state index in [9.17, 15) is 5.11 Å². The zero-order valence-corrected chi connectivity index (χ0v) is 18.2. The highest BCUT2D eigenvalue weighted by molar-refractivity contribution is 6.87. The van der Waals surface area contributed by atoms with Gasteiger partial charge in [-0.25, -0.2) is 0 Å². The van der Waals surface area contributed by atoms with Crippen LogP contribution in [-0.2, 0) is 14.7 Å². The molecule has 0 heterocycles. The second kappa shape index (κ2) is 7.44. The SMILES string of the molecule is C[Si](C)(C)O[Si](C)(CCCc1ccccc1O)O[Si](C)(C)C. The molecule has 0 aliphatic rings. The highest BCUT2D eigenvalue weighted by Crippen LogP contribution is 2.27. The monoisotopic (exact) mass is 356 g/mol. The molecular weight excluding hydrogens is 324 g/mol. The van der Waals surface area contributed by atoms with E-state index in [-0.39, 0.29) is 0 Å². The van der Waals surface area contributed by atoms with Crippen LogP contribution in [0.5, 0.6) is 5.75 Å². The fraction of sp³-hybridized carbons (Fsp3) is 0.625. The van der Waals surface area contributed by atoms with Gasteiger partial charge < -0.3 is 13.3 Å². The van der Waals surface area contributed by atoms with E-state index in [1.807, 2.05) is 18.2 Å². The summed E-state index contributed by atoms with van der Waals surface area (Å²) in [6.07, 6.45) is 1.87. The molecule has 1 aromatic rings. The zero-order chi connectivity index (χ0) is 17.0. The number of rotatable bonds is 8. The van der Waals surface area contributed by atoms with Gasteiger partial charge in [0.15, 0.2) is 16.6 Å². The van der Waals surface area contributed by atoms with Crippen molar-refractivity contribution in [3.8, 4) is 5.75 Å². The maximum atomic E-state index is 9.88. The minimum atomic E-state index is -2.15. The fourth-order valence-corrected chi connectivity index (χ4v) is 15.3. The molecule has 0 bridgehead atoms. The smallest absolute Gasteiger partial charge is 0.314 e. The largest absolute Gasteiger partial charge is 0.508 e. The average molecular weight is 357 g/mol. The van der Waals surface area contributed by atoms with Crippen molar-refractivity contribution in [1.29, 1.82) is 0 Å². The average Bonchev–Trinajstić information content (AvgIpc) is 2.26. The predicted octanol–water partition coefficient (Wildman–Crippen LogP) is 5.10. The summed E-state index contributed by atoms with van der Waals surface area (Å²) in [5, 5.41) is 9.88. The lowest BCUT2D eigenvalue weighted by Crippen LogP contribution is -2.52. The Hall–Kier alpha value is -0.409. The van der Waals surface area contributed by atoms with E-state index < -0.39 is 25.2 Å². The van der Waals surface area contributed by atoms with Crippen LogP contribution in [0.4, 0.5) is 0 Å². The Labute approximate surface area is 139 Å². The second-order valence-corrected chi connectivity index (χ2v) is 20.9. The summed E-state index contributed by atoms with van der Waals surface area (Å²) in [5.41, 5.74) is 1.01. The lowest BCUT2D eigenvalue weighted by atomic mass is 10.1. The first kappa shape index (κ1) is 19.6. The molecule has 22 heavy (non-hydrogen) atoms. The predicted molar refractivity (Wildman–Crippen MR) is 102 cm³/mol. The van der Waals surface area contributed by atoms with E-state index in [1.165, 1.54) is 0 Å². The van der Waals surface area contributed by atoms with Gasteiger partial charge in [0, 0.05) is 0 Å². The number of hydrogen-bond donors (Lipinski definition) is 1. The summed E-state index contributed by atoms with van der Waals surface area (Å²) in [4.78, 5) is 0. The number of aryl methyl sites for hydroxylation is 1. The summed E-state index contributed by atoms with van der Waals surface area (Å²) < 4.78 is 13.0. The summed E-state index contributed by atoms with van der Waals surface area (Å²) in [6.45, 7) is 15.6. The molecule has 1 rings (SSSR count). The Bertz CT molecular complexity index is 462. The van der Waals surface area contributed by atoms with Crippen LogP contribution in [-0.4, -0.2) is 30.3 Å². The van der Waals surface area contributed by atoms with Gasteiger partial charge in [-0.1, -0.05) is 18.2 Å². The minimum Gasteiger partial charge on any atom is -0.508 e. The molecule has 0 fully saturated rings. The van der Waals surface area contributed by atoms with Gasteiger partial charge >= 0.3 is 8.56 Å². The molecule has 0 radical (unpaired) electrons. The van der Waals surface area contributed by atoms with Crippen LogP contribution in [0.1, 0.15) is 12.0 Å². The first-order valence-electron chi connectivity index (χ1n) is 8.07. The number of hydrogen-bond acceptors (Lipinski definition) is 3. The van der Waals surface area contributed by atoms with Crippen LogP contribution >= 0.6 is 0 Å². The van der Waals surface area contributed by atoms with E-state index in [2.05, 4.69) is 45.8 Å². The molecule has 0 saturated carbocycles. The lowest BCUT2D eigenvalue weighted by molar-refractivity contribution is 0.381.